The first kappa shape index (κ1) is 22.2. The van der Waals surface area contributed by atoms with Gasteiger partial charge in [-0.1, -0.05) is 42.0 Å². The van der Waals surface area contributed by atoms with Gasteiger partial charge in [-0.05, 0) is 60.9 Å². The maximum absolute atomic E-state index is 13.0. The Bertz CT molecular complexity index is 1290. The fourth-order valence-electron chi connectivity index (χ4n) is 4.59. The van der Waals surface area contributed by atoms with E-state index in [0.29, 0.717) is 17.9 Å². The van der Waals surface area contributed by atoms with Crippen LogP contribution in [0.4, 0.5) is 0 Å². The highest BCUT2D eigenvalue weighted by atomic mass is 16.5. The van der Waals surface area contributed by atoms with Crippen molar-refractivity contribution in [3.05, 3.63) is 89.7 Å². The third-order valence-corrected chi connectivity index (χ3v) is 6.52. The number of carbonyl (C=O) groups is 1. The van der Waals surface area contributed by atoms with Gasteiger partial charge in [0.05, 0.1) is 13.7 Å². The highest BCUT2D eigenvalue weighted by Gasteiger charge is 2.21. The van der Waals surface area contributed by atoms with Crippen LogP contribution in [-0.4, -0.2) is 49.0 Å². The lowest BCUT2D eigenvalue weighted by Crippen LogP contribution is -2.35. The second-order valence-corrected chi connectivity index (χ2v) is 8.99. The summed E-state index contributed by atoms with van der Waals surface area (Å²) in [5.41, 5.74) is 5.26. The predicted octanol–water partition coefficient (Wildman–Crippen LogP) is 5.76. The van der Waals surface area contributed by atoms with Crippen molar-refractivity contribution in [1.29, 1.82) is 0 Å². The monoisotopic (exact) mass is 454 g/mol. The van der Waals surface area contributed by atoms with Gasteiger partial charge in [0.1, 0.15) is 17.1 Å². The first-order chi connectivity index (χ1) is 16.6. The molecule has 0 aliphatic carbocycles. The average Bonchev–Trinajstić information content (AvgIpc) is 3.12. The second kappa shape index (κ2) is 9.74. The Kier molecular flexibility index (Phi) is 6.37. The van der Waals surface area contributed by atoms with Gasteiger partial charge < -0.3 is 14.1 Å². The van der Waals surface area contributed by atoms with Crippen molar-refractivity contribution in [2.45, 2.75) is 19.9 Å². The first-order valence-electron chi connectivity index (χ1n) is 11.8. The number of fused-ring (bicyclic) bond motifs is 1. The van der Waals surface area contributed by atoms with Crippen LogP contribution in [0.1, 0.15) is 28.1 Å². The maximum atomic E-state index is 13.0. The number of rotatable bonds is 5. The second-order valence-electron chi connectivity index (χ2n) is 8.99. The van der Waals surface area contributed by atoms with Crippen molar-refractivity contribution in [1.82, 2.24) is 9.80 Å². The third kappa shape index (κ3) is 4.85. The minimum atomic E-state index is 0.0631. The summed E-state index contributed by atoms with van der Waals surface area (Å²) in [6.45, 7) is 6.07. The molecule has 0 bridgehead atoms. The predicted molar refractivity (Wildman–Crippen MR) is 135 cm³/mol. The number of benzene rings is 3. The molecule has 34 heavy (non-hydrogen) atoms. The van der Waals surface area contributed by atoms with E-state index in [4.69, 9.17) is 9.15 Å². The van der Waals surface area contributed by atoms with E-state index < -0.39 is 0 Å². The van der Waals surface area contributed by atoms with Crippen LogP contribution in [-0.2, 0) is 6.54 Å². The molecule has 5 nitrogen and oxygen atoms in total. The number of nitrogens with zero attached hydrogens (tertiary/aromatic N) is 2. The van der Waals surface area contributed by atoms with Crippen molar-refractivity contribution in [3.8, 4) is 16.9 Å². The lowest BCUT2D eigenvalue weighted by atomic mass is 10.0. The van der Waals surface area contributed by atoms with Crippen molar-refractivity contribution >= 4 is 16.9 Å². The lowest BCUT2D eigenvalue weighted by molar-refractivity contribution is 0.0760. The Balaban J connectivity index is 1.25. The van der Waals surface area contributed by atoms with Gasteiger partial charge in [-0.3, -0.25) is 9.69 Å². The van der Waals surface area contributed by atoms with Crippen LogP contribution in [0, 0.1) is 6.92 Å². The minimum absolute atomic E-state index is 0.0631. The fraction of sp³-hybridized carbons (Fsp3) is 0.276. The minimum Gasteiger partial charge on any atom is -0.497 e. The zero-order chi connectivity index (χ0) is 23.5. The normalized spacial score (nSPS) is 14.8. The van der Waals surface area contributed by atoms with E-state index in [1.54, 1.807) is 7.11 Å². The molecular weight excluding hydrogens is 424 g/mol. The molecule has 1 aliphatic rings. The SMILES string of the molecule is COc1cccc(C(=O)N2CCCN(Cc3cc4cc(-c5ccc(C)cc5)ccc4o3)CC2)c1. The molecule has 174 valence electrons. The van der Waals surface area contributed by atoms with E-state index in [1.165, 1.54) is 16.7 Å². The average molecular weight is 455 g/mol. The molecule has 0 unspecified atom stereocenters. The Morgan fingerprint density at radius 2 is 1.74 bits per heavy atom. The van der Waals surface area contributed by atoms with Crippen LogP contribution in [0.25, 0.3) is 22.1 Å². The highest BCUT2D eigenvalue weighted by molar-refractivity contribution is 5.94. The summed E-state index contributed by atoms with van der Waals surface area (Å²) in [6, 6.07) is 24.5. The van der Waals surface area contributed by atoms with Crippen molar-refractivity contribution in [3.63, 3.8) is 0 Å². The van der Waals surface area contributed by atoms with Gasteiger partial charge in [-0.25, -0.2) is 0 Å². The van der Waals surface area contributed by atoms with Gasteiger partial charge in [0.2, 0.25) is 0 Å². The molecule has 1 aliphatic heterocycles. The molecule has 3 aromatic carbocycles. The molecule has 1 amide bonds. The topological polar surface area (TPSA) is 45.9 Å². The summed E-state index contributed by atoms with van der Waals surface area (Å²) in [5, 5.41) is 1.12. The van der Waals surface area contributed by atoms with Crippen molar-refractivity contribution in [2.24, 2.45) is 0 Å². The largest absolute Gasteiger partial charge is 0.497 e. The van der Waals surface area contributed by atoms with E-state index in [9.17, 15) is 4.79 Å². The van der Waals surface area contributed by atoms with Gasteiger partial charge in [0.15, 0.2) is 0 Å². The smallest absolute Gasteiger partial charge is 0.254 e. The van der Waals surface area contributed by atoms with E-state index in [-0.39, 0.29) is 5.91 Å². The lowest BCUT2D eigenvalue weighted by Gasteiger charge is -2.21. The summed E-state index contributed by atoms with van der Waals surface area (Å²) in [5.74, 6) is 1.73. The van der Waals surface area contributed by atoms with Crippen LogP contribution < -0.4 is 4.74 Å². The molecule has 5 rings (SSSR count). The maximum Gasteiger partial charge on any atom is 0.254 e. The van der Waals surface area contributed by atoms with Gasteiger partial charge in [0, 0.05) is 37.1 Å². The number of aryl methyl sites for hydroxylation is 1. The van der Waals surface area contributed by atoms with Crippen LogP contribution in [0.3, 0.4) is 0 Å². The number of carbonyl (C=O) groups excluding carboxylic acids is 1. The molecule has 1 fully saturated rings. The fourth-order valence-corrected chi connectivity index (χ4v) is 4.59. The molecule has 2 heterocycles. The first-order valence-corrected chi connectivity index (χ1v) is 11.8. The molecule has 0 radical (unpaired) electrons. The van der Waals surface area contributed by atoms with Gasteiger partial charge in [-0.2, -0.15) is 0 Å². The Morgan fingerprint density at radius 3 is 2.56 bits per heavy atom. The van der Waals surface area contributed by atoms with Crippen LogP contribution in [0.15, 0.2) is 77.2 Å². The van der Waals surface area contributed by atoms with Gasteiger partial charge >= 0.3 is 0 Å². The molecule has 0 spiro atoms. The number of ether oxygens (including phenoxy) is 1. The van der Waals surface area contributed by atoms with E-state index >= 15 is 0 Å². The Morgan fingerprint density at radius 1 is 0.912 bits per heavy atom. The highest BCUT2D eigenvalue weighted by Crippen LogP contribution is 2.28. The van der Waals surface area contributed by atoms with Crippen molar-refractivity contribution < 1.29 is 13.9 Å². The summed E-state index contributed by atoms with van der Waals surface area (Å²) in [7, 11) is 1.62. The quantitative estimate of drug-likeness (QED) is 0.384. The number of hydrogen-bond donors (Lipinski definition) is 0. The number of methoxy groups -OCH3 is 1. The van der Waals surface area contributed by atoms with Crippen LogP contribution in [0.2, 0.25) is 0 Å². The summed E-state index contributed by atoms with van der Waals surface area (Å²) >= 11 is 0. The number of hydrogen-bond acceptors (Lipinski definition) is 4. The van der Waals surface area contributed by atoms with Crippen molar-refractivity contribution in [2.75, 3.05) is 33.3 Å². The van der Waals surface area contributed by atoms with Gasteiger partial charge in [0.25, 0.3) is 5.91 Å². The van der Waals surface area contributed by atoms with Gasteiger partial charge in [-0.15, -0.1) is 0 Å². The zero-order valence-electron chi connectivity index (χ0n) is 19.8. The van der Waals surface area contributed by atoms with E-state index in [1.807, 2.05) is 29.2 Å². The van der Waals surface area contributed by atoms with Crippen LogP contribution >= 0.6 is 0 Å². The van der Waals surface area contributed by atoms with E-state index in [0.717, 1.165) is 49.3 Å². The Hall–Kier alpha value is -3.57. The third-order valence-electron chi connectivity index (χ3n) is 6.52. The molecule has 0 saturated carbocycles. The summed E-state index contributed by atoms with van der Waals surface area (Å²) in [4.78, 5) is 17.3. The molecule has 4 aromatic rings. The Labute approximate surface area is 200 Å². The number of furan rings is 1. The summed E-state index contributed by atoms with van der Waals surface area (Å²) in [6.07, 6.45) is 0.938. The number of amides is 1. The zero-order valence-corrected chi connectivity index (χ0v) is 19.8. The molecule has 5 heteroatoms. The van der Waals surface area contributed by atoms with Crippen LogP contribution in [0.5, 0.6) is 5.75 Å². The molecular formula is C29H30N2O3. The van der Waals surface area contributed by atoms with E-state index in [2.05, 4.69) is 60.4 Å². The molecule has 0 N–H and O–H groups in total. The molecule has 1 saturated heterocycles. The molecule has 1 aromatic heterocycles. The summed E-state index contributed by atoms with van der Waals surface area (Å²) < 4.78 is 11.4. The standard InChI is InChI=1S/C29H30N2O3/c1-21-7-9-22(10-8-21)23-11-12-28-25(17-23)19-27(34-28)20-30-13-4-14-31(16-15-30)29(32)24-5-3-6-26(18-24)33-2/h3,5-12,17-19H,4,13-16,20H2,1-2H3. The molecule has 0 atom stereocenters.